The van der Waals surface area contributed by atoms with E-state index in [4.69, 9.17) is 24.3 Å². The first-order valence-corrected chi connectivity index (χ1v) is 17.7. The fraction of sp³-hybridized carbons (Fsp3) is 0.439. The molecular weight excluding hydrogens is 647 g/mol. The summed E-state index contributed by atoms with van der Waals surface area (Å²) in [4.78, 5) is 20.5. The van der Waals surface area contributed by atoms with Gasteiger partial charge in [0.05, 0.1) is 40.9 Å². The van der Waals surface area contributed by atoms with E-state index in [0.717, 1.165) is 29.5 Å². The number of fused-ring (bicyclic) bond motifs is 1. The van der Waals surface area contributed by atoms with Crippen molar-refractivity contribution >= 4 is 17.4 Å². The first-order valence-electron chi connectivity index (χ1n) is 17.7. The number of anilines is 1. The van der Waals surface area contributed by atoms with Gasteiger partial charge < -0.3 is 24.2 Å². The maximum atomic E-state index is 14.4. The number of nitrogens with zero attached hydrogens (tertiary/aromatic N) is 4. The maximum Gasteiger partial charge on any atom is 0.340 e. The van der Waals surface area contributed by atoms with Crippen LogP contribution >= 0.6 is 0 Å². The van der Waals surface area contributed by atoms with Gasteiger partial charge >= 0.3 is 5.97 Å². The molecule has 51 heavy (non-hydrogen) atoms. The summed E-state index contributed by atoms with van der Waals surface area (Å²) in [6.07, 6.45) is 5.59. The van der Waals surface area contributed by atoms with E-state index in [0.29, 0.717) is 60.3 Å². The smallest absolute Gasteiger partial charge is 0.340 e. The predicted octanol–water partition coefficient (Wildman–Crippen LogP) is 8.92. The van der Waals surface area contributed by atoms with Crippen LogP contribution < -0.4 is 9.64 Å². The van der Waals surface area contributed by atoms with Crippen LogP contribution in [0.2, 0.25) is 0 Å². The Morgan fingerprint density at radius 3 is 2.43 bits per heavy atom. The number of aliphatic carboxylic acids is 1. The third kappa shape index (κ3) is 8.02. The summed E-state index contributed by atoms with van der Waals surface area (Å²) < 4.78 is 35.0. The molecule has 2 atom stereocenters. The number of rotatable bonds is 14. The van der Waals surface area contributed by atoms with Crippen LogP contribution in [-0.4, -0.2) is 62.7 Å². The number of piperidine rings is 1. The average Bonchev–Trinajstić information content (AvgIpc) is 3.50. The molecule has 0 spiro atoms. The van der Waals surface area contributed by atoms with Gasteiger partial charge in [-0.15, -0.1) is 13.2 Å². The van der Waals surface area contributed by atoms with Crippen molar-refractivity contribution in [2.45, 2.75) is 97.1 Å². The van der Waals surface area contributed by atoms with Crippen molar-refractivity contribution < 1.29 is 28.5 Å². The van der Waals surface area contributed by atoms with E-state index in [9.17, 15) is 14.3 Å². The van der Waals surface area contributed by atoms with Crippen molar-refractivity contribution in [3.8, 4) is 28.1 Å². The molecule has 1 aliphatic rings. The molecule has 1 saturated heterocycles. The van der Waals surface area contributed by atoms with Gasteiger partial charge in [0.1, 0.15) is 17.4 Å². The second kappa shape index (κ2) is 15.0. The average molecular weight is 699 g/mol. The lowest BCUT2D eigenvalue weighted by molar-refractivity contribution is -0.189. The molecule has 272 valence electrons. The van der Waals surface area contributed by atoms with Crippen LogP contribution in [0.5, 0.6) is 5.75 Å². The number of carboxylic acid groups (broad SMARTS) is 1. The number of halogens is 1. The van der Waals surface area contributed by atoms with Crippen molar-refractivity contribution in [1.29, 1.82) is 0 Å². The number of carbonyl (C=O) groups is 1. The molecule has 0 radical (unpaired) electrons. The minimum atomic E-state index is -1.69. The van der Waals surface area contributed by atoms with Gasteiger partial charge in [0.15, 0.2) is 11.2 Å². The number of benzene rings is 2. The third-order valence-electron chi connectivity index (χ3n) is 9.40. The Morgan fingerprint density at radius 1 is 1.10 bits per heavy atom. The number of hydrogen-bond donors (Lipinski definition) is 1. The Kier molecular flexibility index (Phi) is 11.1. The van der Waals surface area contributed by atoms with Crippen LogP contribution in [0, 0.1) is 12.7 Å². The van der Waals surface area contributed by atoms with Crippen LogP contribution in [0.15, 0.2) is 73.8 Å². The Labute approximate surface area is 300 Å². The lowest BCUT2D eigenvalue weighted by Gasteiger charge is -2.43. The van der Waals surface area contributed by atoms with Gasteiger partial charge in [-0.25, -0.2) is 14.2 Å². The van der Waals surface area contributed by atoms with Gasteiger partial charge in [0, 0.05) is 42.8 Å². The number of carboxylic acids is 1. The minimum Gasteiger partial charge on any atom is -0.490 e. The van der Waals surface area contributed by atoms with E-state index >= 15 is 0 Å². The molecule has 0 aliphatic carbocycles. The van der Waals surface area contributed by atoms with Crippen molar-refractivity contribution in [1.82, 2.24) is 14.6 Å². The van der Waals surface area contributed by atoms with Gasteiger partial charge in [-0.05, 0) is 84.6 Å². The van der Waals surface area contributed by atoms with E-state index in [1.807, 2.05) is 71.9 Å². The first-order chi connectivity index (χ1) is 24.1. The third-order valence-corrected chi connectivity index (χ3v) is 9.40. The van der Waals surface area contributed by atoms with E-state index in [1.54, 1.807) is 22.7 Å². The summed E-state index contributed by atoms with van der Waals surface area (Å²) in [6.45, 7) is 22.6. The van der Waals surface area contributed by atoms with Crippen LogP contribution in [0.25, 0.3) is 28.0 Å². The van der Waals surface area contributed by atoms with Crippen molar-refractivity contribution in [2.75, 3.05) is 24.6 Å². The molecular formula is C41H51FN4O5. The molecule has 2 aromatic heterocycles. The molecule has 1 N–H and O–H groups in total. The summed E-state index contributed by atoms with van der Waals surface area (Å²) in [5.41, 5.74) is 1.87. The highest BCUT2D eigenvalue weighted by Crippen LogP contribution is 2.43. The van der Waals surface area contributed by atoms with Crippen LogP contribution in [-0.2, 0) is 19.9 Å². The quantitative estimate of drug-likeness (QED) is 0.130. The molecule has 0 amide bonds. The predicted molar refractivity (Wildman–Crippen MR) is 200 cm³/mol. The van der Waals surface area contributed by atoms with E-state index in [2.05, 4.69) is 25.0 Å². The molecule has 0 saturated carbocycles. The zero-order valence-electron chi connectivity index (χ0n) is 31.0. The highest BCUT2D eigenvalue weighted by molar-refractivity contribution is 5.83. The normalized spacial score (nSPS) is 16.4. The number of hydrogen-bond acceptors (Lipinski definition) is 7. The van der Waals surface area contributed by atoms with E-state index < -0.39 is 17.2 Å². The van der Waals surface area contributed by atoms with Crippen molar-refractivity contribution in [3.63, 3.8) is 0 Å². The zero-order valence-corrected chi connectivity index (χ0v) is 31.0. The molecule has 1 fully saturated rings. The topological polar surface area (TPSA) is 98.4 Å². The van der Waals surface area contributed by atoms with Crippen LogP contribution in [0.4, 0.5) is 10.2 Å². The summed E-state index contributed by atoms with van der Waals surface area (Å²) in [7, 11) is 0. The summed E-state index contributed by atoms with van der Waals surface area (Å²) in [6, 6.07) is 14.3. The fourth-order valence-corrected chi connectivity index (χ4v) is 6.91. The second-order valence-corrected chi connectivity index (χ2v) is 14.6. The molecule has 4 aromatic rings. The Morgan fingerprint density at radius 2 is 1.80 bits per heavy atom. The Bertz CT molecular complexity index is 1910. The molecule has 0 bridgehead atoms. The molecule has 9 nitrogen and oxygen atoms in total. The maximum absolute atomic E-state index is 14.4. The van der Waals surface area contributed by atoms with Gasteiger partial charge in [-0.2, -0.15) is 9.61 Å². The van der Waals surface area contributed by atoms with Gasteiger partial charge in [-0.3, -0.25) is 0 Å². The molecule has 3 heterocycles. The Balaban J connectivity index is 1.68. The lowest BCUT2D eigenvalue weighted by atomic mass is 9.87. The minimum absolute atomic E-state index is 0.179. The summed E-state index contributed by atoms with van der Waals surface area (Å²) in [5, 5.41) is 16.0. The van der Waals surface area contributed by atoms with Crippen molar-refractivity contribution in [3.05, 3.63) is 90.9 Å². The molecule has 1 unspecified atom stereocenters. The number of aromatic nitrogens is 3. The van der Waals surface area contributed by atoms with E-state index in [-0.39, 0.29) is 23.9 Å². The monoisotopic (exact) mass is 698 g/mol. The number of aryl methyl sites for hydroxylation is 1. The van der Waals surface area contributed by atoms with E-state index in [1.165, 1.54) is 12.1 Å². The highest BCUT2D eigenvalue weighted by Gasteiger charge is 2.48. The van der Waals surface area contributed by atoms with Crippen molar-refractivity contribution in [2.24, 2.45) is 0 Å². The zero-order chi connectivity index (χ0) is 37.1. The van der Waals surface area contributed by atoms with Gasteiger partial charge in [0.25, 0.3) is 0 Å². The standard InChI is InChI=1S/C41H51FN4O5/c1-10-14-27(4)50-34-25-31(42)17-18-32(34)29-15-13-16-30(24-29)33-26-35-43-28(5)36(41(12-3,38(47)48)51-39(6,7)8)37(46(35)44-33)45-21-19-40(9,20-22-45)49-23-11-2/h10-11,13,15-18,24-27H,1-2,12,14,19-23H2,3-9H3,(H,47,48)/t27-,41?/m0/s1. The summed E-state index contributed by atoms with van der Waals surface area (Å²) >= 11 is 0. The van der Waals surface area contributed by atoms with Crippen LogP contribution in [0.1, 0.15) is 78.5 Å². The molecule has 10 heteroatoms. The highest BCUT2D eigenvalue weighted by atomic mass is 19.1. The largest absolute Gasteiger partial charge is 0.490 e. The first kappa shape index (κ1) is 37.7. The fourth-order valence-electron chi connectivity index (χ4n) is 6.91. The van der Waals surface area contributed by atoms with Crippen LogP contribution in [0.3, 0.4) is 0 Å². The Hall–Kier alpha value is -4.54. The molecule has 5 rings (SSSR count). The molecule has 1 aliphatic heterocycles. The second-order valence-electron chi connectivity index (χ2n) is 14.6. The number of ether oxygens (including phenoxy) is 3. The van der Waals surface area contributed by atoms with Gasteiger partial charge in [-0.1, -0.05) is 37.3 Å². The SMILES string of the molecule is C=CCOC1(C)CCN(c2c(C(CC)(OC(C)(C)C)C(=O)O)c(C)nc3cc(-c4cccc(-c5ccc(F)cc5O[C@@H](C)CC=C)c4)nn23)CC1. The molecule has 2 aromatic carbocycles. The lowest BCUT2D eigenvalue weighted by Crippen LogP contribution is -2.49. The summed E-state index contributed by atoms with van der Waals surface area (Å²) in [5.74, 6) is -0.379. The van der Waals surface area contributed by atoms with Gasteiger partial charge in [0.2, 0.25) is 0 Å².